The van der Waals surface area contributed by atoms with E-state index in [4.69, 9.17) is 4.74 Å². The molecule has 4 heterocycles. The van der Waals surface area contributed by atoms with Gasteiger partial charge in [0.15, 0.2) is 0 Å². The van der Waals surface area contributed by atoms with Crippen molar-refractivity contribution in [3.8, 4) is 0 Å². The minimum absolute atomic E-state index is 0.0327. The second-order valence-corrected chi connectivity index (χ2v) is 7.18. The Bertz CT molecular complexity index is 683. The van der Waals surface area contributed by atoms with Gasteiger partial charge in [-0.05, 0) is 38.7 Å². The zero-order valence-corrected chi connectivity index (χ0v) is 14.7. The van der Waals surface area contributed by atoms with Gasteiger partial charge in [0.05, 0.1) is 7.11 Å². The van der Waals surface area contributed by atoms with Crippen LogP contribution >= 0.6 is 0 Å². The Morgan fingerprint density at radius 3 is 2.58 bits per heavy atom. The summed E-state index contributed by atoms with van der Waals surface area (Å²) in [6, 6.07) is 0. The first-order valence-electron chi connectivity index (χ1n) is 8.26. The summed E-state index contributed by atoms with van der Waals surface area (Å²) in [6.45, 7) is 8.28. The van der Waals surface area contributed by atoms with Crippen LogP contribution in [0.2, 0.25) is 0 Å². The molecule has 6 nitrogen and oxygen atoms in total. The highest BCUT2D eigenvalue weighted by Gasteiger charge is 2.72. The molecule has 0 aromatic carbocycles. The van der Waals surface area contributed by atoms with Gasteiger partial charge >= 0.3 is 5.97 Å². The van der Waals surface area contributed by atoms with Crippen LogP contribution in [-0.4, -0.2) is 59.4 Å². The fourth-order valence-electron chi connectivity index (χ4n) is 4.97. The molecule has 4 fully saturated rings. The quantitative estimate of drug-likeness (QED) is 0.443. The highest BCUT2D eigenvalue weighted by molar-refractivity contribution is 6.07. The number of fused-ring (bicyclic) bond motifs is 2. The fraction of sp³-hybridized carbons (Fsp3) is 0.611. The summed E-state index contributed by atoms with van der Waals surface area (Å²) >= 11 is 0. The van der Waals surface area contributed by atoms with E-state index in [2.05, 4.69) is 6.58 Å². The van der Waals surface area contributed by atoms with Crippen LogP contribution in [0.15, 0.2) is 23.8 Å². The maximum atomic E-state index is 13.5. The van der Waals surface area contributed by atoms with E-state index in [0.29, 0.717) is 25.0 Å². The van der Waals surface area contributed by atoms with Crippen LogP contribution in [0.4, 0.5) is 0 Å². The molecule has 0 aliphatic carbocycles. The molecule has 4 aliphatic rings. The average Bonchev–Trinajstić information content (AvgIpc) is 2.97. The Hall–Kier alpha value is -2.11. The molecule has 0 radical (unpaired) electrons. The summed E-state index contributed by atoms with van der Waals surface area (Å²) in [5.41, 5.74) is -0.527. The van der Waals surface area contributed by atoms with Gasteiger partial charge in [-0.2, -0.15) is 0 Å². The summed E-state index contributed by atoms with van der Waals surface area (Å²) in [5.74, 6) is -0.864. The van der Waals surface area contributed by atoms with Gasteiger partial charge in [0.2, 0.25) is 5.91 Å². The lowest BCUT2D eigenvalue weighted by atomic mass is 9.59. The lowest BCUT2D eigenvalue weighted by molar-refractivity contribution is -0.188. The predicted molar refractivity (Wildman–Crippen MR) is 87.9 cm³/mol. The number of nitrogens with zero attached hydrogens (tertiary/aromatic N) is 2. The Morgan fingerprint density at radius 1 is 1.33 bits per heavy atom. The van der Waals surface area contributed by atoms with Crippen LogP contribution in [0.25, 0.3) is 0 Å². The average molecular weight is 332 g/mol. The van der Waals surface area contributed by atoms with Crippen LogP contribution < -0.4 is 0 Å². The fourth-order valence-corrected chi connectivity index (χ4v) is 4.97. The second kappa shape index (κ2) is 5.19. The normalized spacial score (nSPS) is 35.3. The van der Waals surface area contributed by atoms with Crippen molar-refractivity contribution in [3.63, 3.8) is 0 Å². The molecule has 0 aromatic rings. The first-order valence-corrected chi connectivity index (χ1v) is 8.26. The number of hydrogen-bond acceptors (Lipinski definition) is 4. The monoisotopic (exact) mass is 332 g/mol. The summed E-state index contributed by atoms with van der Waals surface area (Å²) in [5, 5.41) is 0. The van der Waals surface area contributed by atoms with E-state index in [9.17, 15) is 14.4 Å². The molecule has 24 heavy (non-hydrogen) atoms. The van der Waals surface area contributed by atoms with Crippen molar-refractivity contribution in [2.45, 2.75) is 44.2 Å². The van der Waals surface area contributed by atoms with E-state index in [0.717, 1.165) is 12.0 Å². The number of piperazine rings is 1. The maximum Gasteiger partial charge on any atom is 0.330 e. The van der Waals surface area contributed by atoms with E-state index in [1.165, 1.54) is 13.2 Å². The van der Waals surface area contributed by atoms with Crippen molar-refractivity contribution >= 4 is 17.8 Å². The number of carbonyl (C=O) groups excluding carboxylic acids is 3. The molecule has 0 saturated carbocycles. The molecular weight excluding hydrogens is 308 g/mol. The number of rotatable bonds is 3. The summed E-state index contributed by atoms with van der Waals surface area (Å²) in [4.78, 5) is 41.7. The molecule has 4 aliphatic heterocycles. The van der Waals surface area contributed by atoms with E-state index in [1.54, 1.807) is 23.8 Å². The molecule has 0 N–H and O–H groups in total. The summed E-state index contributed by atoms with van der Waals surface area (Å²) in [6.07, 6.45) is 3.42. The third-order valence-corrected chi connectivity index (χ3v) is 6.07. The molecule has 6 heteroatoms. The number of hydrogen-bond donors (Lipinski definition) is 0. The molecule has 1 spiro atoms. The number of amides is 2. The van der Waals surface area contributed by atoms with Gasteiger partial charge in [-0.1, -0.05) is 12.2 Å². The minimum atomic E-state index is -1.18. The predicted octanol–water partition coefficient (Wildman–Crippen LogP) is 1.27. The topological polar surface area (TPSA) is 66.9 Å². The van der Waals surface area contributed by atoms with Gasteiger partial charge in [0, 0.05) is 25.6 Å². The Labute approximate surface area is 142 Å². The van der Waals surface area contributed by atoms with Crippen LogP contribution in [0, 0.1) is 5.92 Å². The smallest absolute Gasteiger partial charge is 0.330 e. The van der Waals surface area contributed by atoms with Gasteiger partial charge in [-0.15, -0.1) is 0 Å². The lowest BCUT2D eigenvalue weighted by Gasteiger charge is -2.63. The number of likely N-dealkylation sites (N-methyl/N-ethyl adjacent to an activating group) is 1. The van der Waals surface area contributed by atoms with Gasteiger partial charge in [-0.3, -0.25) is 9.59 Å². The van der Waals surface area contributed by atoms with Crippen molar-refractivity contribution in [2.24, 2.45) is 5.92 Å². The molecule has 0 aromatic heterocycles. The van der Waals surface area contributed by atoms with E-state index in [1.807, 2.05) is 6.92 Å². The molecule has 4 rings (SSSR count). The van der Waals surface area contributed by atoms with E-state index in [-0.39, 0.29) is 17.7 Å². The molecule has 130 valence electrons. The van der Waals surface area contributed by atoms with Crippen molar-refractivity contribution in [1.29, 1.82) is 0 Å². The zero-order valence-electron chi connectivity index (χ0n) is 14.7. The van der Waals surface area contributed by atoms with Crippen LogP contribution in [-0.2, 0) is 19.1 Å². The summed E-state index contributed by atoms with van der Waals surface area (Å²) in [7, 11) is 2.96. The van der Waals surface area contributed by atoms with Crippen LogP contribution in [0.3, 0.4) is 0 Å². The van der Waals surface area contributed by atoms with E-state index >= 15 is 0 Å². The molecule has 2 amide bonds. The lowest BCUT2D eigenvalue weighted by Crippen LogP contribution is -2.81. The van der Waals surface area contributed by atoms with Crippen molar-refractivity contribution < 1.29 is 19.1 Å². The maximum absolute atomic E-state index is 13.5. The van der Waals surface area contributed by atoms with Gasteiger partial charge in [0.1, 0.15) is 11.1 Å². The highest BCUT2D eigenvalue weighted by atomic mass is 16.5. The first kappa shape index (κ1) is 16.7. The van der Waals surface area contributed by atoms with Gasteiger partial charge in [0.25, 0.3) is 5.91 Å². The summed E-state index contributed by atoms with van der Waals surface area (Å²) < 4.78 is 4.73. The SMILES string of the molecule is C=C(C)[C@H]1C[C@@]23CCCN2C(=O)[C@]1(/C(C)=C\C(=O)OC)N(C)C3=O. The zero-order chi connectivity index (χ0) is 17.9. The number of ether oxygens (including phenoxy) is 1. The molecule has 3 atom stereocenters. The number of carbonyl (C=O) groups is 3. The largest absolute Gasteiger partial charge is 0.466 e. The number of methoxy groups -OCH3 is 1. The first-order chi connectivity index (χ1) is 11.2. The number of piperidine rings is 2. The van der Waals surface area contributed by atoms with Crippen LogP contribution in [0.1, 0.15) is 33.1 Å². The van der Waals surface area contributed by atoms with Crippen molar-refractivity contribution in [2.75, 3.05) is 20.7 Å². The van der Waals surface area contributed by atoms with Gasteiger partial charge < -0.3 is 14.5 Å². The minimum Gasteiger partial charge on any atom is -0.466 e. The molecule has 4 saturated heterocycles. The third kappa shape index (κ3) is 1.74. The molecule has 2 bridgehead atoms. The van der Waals surface area contributed by atoms with E-state index < -0.39 is 17.0 Å². The Morgan fingerprint density at radius 2 is 2.00 bits per heavy atom. The Kier molecular flexibility index (Phi) is 3.62. The highest BCUT2D eigenvalue weighted by Crippen LogP contribution is 2.56. The standard InChI is InChI=1S/C18H24N2O4/c1-11(2)13-10-17-7-6-8-20(17)16(23)18(13,19(4)15(17)22)12(3)9-14(21)24-5/h9,13H,1,6-8,10H2,2-5H3/b12-9-/t13-,17-,18-/m1/s1. The third-order valence-electron chi connectivity index (χ3n) is 6.07. The van der Waals surface area contributed by atoms with Gasteiger partial charge in [-0.25, -0.2) is 4.79 Å². The second-order valence-electron chi connectivity index (χ2n) is 7.18. The molecular formula is C18H24N2O4. The molecule has 0 unspecified atom stereocenters. The van der Waals surface area contributed by atoms with Crippen molar-refractivity contribution in [1.82, 2.24) is 9.80 Å². The Balaban J connectivity index is 2.24. The van der Waals surface area contributed by atoms with Crippen molar-refractivity contribution in [3.05, 3.63) is 23.8 Å². The van der Waals surface area contributed by atoms with Crippen LogP contribution in [0.5, 0.6) is 0 Å². The number of esters is 1.